The monoisotopic (exact) mass is 364 g/mol. The van der Waals surface area contributed by atoms with E-state index in [1.165, 1.54) is 24.3 Å². The van der Waals surface area contributed by atoms with Crippen molar-refractivity contribution in [1.82, 2.24) is 4.90 Å². The van der Waals surface area contributed by atoms with Gasteiger partial charge < -0.3 is 10.2 Å². The summed E-state index contributed by atoms with van der Waals surface area (Å²) in [5.41, 5.74) is 0.0953. The SMILES string of the molecule is C=CCS[C@]1(C(F)(F)F)CN(CC)C(=O)Nc2ccc(Cl)cc21. The number of likely N-dealkylation sites (N-methyl/N-ethyl adjacent to an activating group) is 1. The molecule has 2 amide bonds. The van der Waals surface area contributed by atoms with Gasteiger partial charge in [-0.1, -0.05) is 17.7 Å². The summed E-state index contributed by atoms with van der Waals surface area (Å²) < 4.78 is 40.0. The molecule has 0 fully saturated rings. The molecule has 126 valence electrons. The highest BCUT2D eigenvalue weighted by Crippen LogP contribution is 2.53. The lowest BCUT2D eigenvalue weighted by atomic mass is 9.95. The number of anilines is 1. The van der Waals surface area contributed by atoms with Gasteiger partial charge in [0.15, 0.2) is 4.75 Å². The van der Waals surface area contributed by atoms with E-state index >= 15 is 0 Å². The van der Waals surface area contributed by atoms with Crippen molar-refractivity contribution in [3.63, 3.8) is 0 Å². The molecule has 1 aliphatic rings. The van der Waals surface area contributed by atoms with Gasteiger partial charge in [0, 0.05) is 28.6 Å². The molecule has 0 radical (unpaired) electrons. The quantitative estimate of drug-likeness (QED) is 0.772. The average Bonchev–Trinajstić information content (AvgIpc) is 2.59. The number of fused-ring (bicyclic) bond motifs is 1. The van der Waals surface area contributed by atoms with Crippen LogP contribution in [-0.2, 0) is 4.75 Å². The minimum absolute atomic E-state index is 0.0337. The molecular formula is C15H16ClF3N2OS. The smallest absolute Gasteiger partial charge is 0.323 e. The molecule has 23 heavy (non-hydrogen) atoms. The second-order valence-corrected chi connectivity index (χ2v) is 6.81. The van der Waals surface area contributed by atoms with Crippen molar-refractivity contribution in [2.45, 2.75) is 17.8 Å². The minimum atomic E-state index is -4.57. The molecule has 1 atom stereocenters. The molecule has 8 heteroatoms. The van der Waals surface area contributed by atoms with Crippen LogP contribution in [0.3, 0.4) is 0 Å². The third-order valence-corrected chi connectivity index (χ3v) is 5.36. The van der Waals surface area contributed by atoms with Crippen LogP contribution in [0.15, 0.2) is 30.9 Å². The predicted octanol–water partition coefficient (Wildman–Crippen LogP) is 4.88. The number of urea groups is 1. The summed E-state index contributed by atoms with van der Waals surface area (Å²) in [4.78, 5) is 13.3. The molecule has 1 aromatic rings. The number of hydrogen-bond donors (Lipinski definition) is 1. The van der Waals surface area contributed by atoms with Crippen LogP contribution in [0.5, 0.6) is 0 Å². The highest BCUT2D eigenvalue weighted by atomic mass is 35.5. The summed E-state index contributed by atoms with van der Waals surface area (Å²) in [5, 5.41) is 2.73. The first-order valence-corrected chi connectivity index (χ1v) is 8.29. The van der Waals surface area contributed by atoms with Crippen molar-refractivity contribution >= 4 is 35.1 Å². The van der Waals surface area contributed by atoms with Gasteiger partial charge in [-0.25, -0.2) is 4.79 Å². The second kappa shape index (κ2) is 6.65. The highest BCUT2D eigenvalue weighted by molar-refractivity contribution is 8.00. The fourth-order valence-corrected chi connectivity index (χ4v) is 3.79. The molecule has 0 saturated carbocycles. The van der Waals surface area contributed by atoms with Crippen molar-refractivity contribution in [3.8, 4) is 0 Å². The average molecular weight is 365 g/mol. The number of amides is 2. The molecule has 0 spiro atoms. The standard InChI is InChI=1S/C15H16ClF3N2OS/c1-3-7-23-14(15(17,18)19)9-21(4-2)13(22)20-12-6-5-10(16)8-11(12)14/h3,5-6,8H,1,4,7,9H2,2H3,(H,20,22)/t14-/m1/s1. The molecule has 1 heterocycles. The van der Waals surface area contributed by atoms with Gasteiger partial charge in [0.25, 0.3) is 0 Å². The maximum Gasteiger partial charge on any atom is 0.409 e. The van der Waals surface area contributed by atoms with Crippen LogP contribution in [0.1, 0.15) is 12.5 Å². The van der Waals surface area contributed by atoms with Crippen LogP contribution in [0.2, 0.25) is 5.02 Å². The Hall–Kier alpha value is -1.34. The number of carbonyl (C=O) groups is 1. The van der Waals surface area contributed by atoms with E-state index in [9.17, 15) is 18.0 Å². The Morgan fingerprint density at radius 3 is 2.78 bits per heavy atom. The van der Waals surface area contributed by atoms with Gasteiger partial charge in [-0.15, -0.1) is 18.3 Å². The Morgan fingerprint density at radius 2 is 2.22 bits per heavy atom. The van der Waals surface area contributed by atoms with Gasteiger partial charge in [-0.05, 0) is 25.1 Å². The lowest BCUT2D eigenvalue weighted by Gasteiger charge is -2.37. The largest absolute Gasteiger partial charge is 0.409 e. The van der Waals surface area contributed by atoms with Crippen LogP contribution < -0.4 is 5.32 Å². The summed E-state index contributed by atoms with van der Waals surface area (Å²) in [7, 11) is 0. The van der Waals surface area contributed by atoms with Crippen LogP contribution in [-0.4, -0.2) is 35.9 Å². The van der Waals surface area contributed by atoms with Crippen molar-refractivity contribution in [3.05, 3.63) is 41.4 Å². The van der Waals surface area contributed by atoms with Gasteiger partial charge in [0.2, 0.25) is 0 Å². The maximum atomic E-state index is 14.1. The number of rotatable bonds is 4. The zero-order chi connectivity index (χ0) is 17.3. The fraction of sp³-hybridized carbons (Fsp3) is 0.400. The van der Waals surface area contributed by atoms with Crippen molar-refractivity contribution in [1.29, 1.82) is 0 Å². The summed E-state index contributed by atoms with van der Waals surface area (Å²) in [5.74, 6) is 0.0945. The normalized spacial score (nSPS) is 21.4. The predicted molar refractivity (Wildman–Crippen MR) is 88.1 cm³/mol. The molecule has 0 bridgehead atoms. The van der Waals surface area contributed by atoms with Crippen molar-refractivity contribution < 1.29 is 18.0 Å². The molecule has 1 aromatic carbocycles. The van der Waals surface area contributed by atoms with Gasteiger partial charge >= 0.3 is 12.2 Å². The van der Waals surface area contributed by atoms with E-state index in [1.54, 1.807) is 6.92 Å². The summed E-state index contributed by atoms with van der Waals surface area (Å²) in [6.07, 6.45) is -3.15. The summed E-state index contributed by atoms with van der Waals surface area (Å²) >= 11 is 6.63. The van der Waals surface area contributed by atoms with Gasteiger partial charge in [0.05, 0.1) is 6.54 Å². The van der Waals surface area contributed by atoms with E-state index in [2.05, 4.69) is 11.9 Å². The van der Waals surface area contributed by atoms with E-state index in [-0.39, 0.29) is 28.6 Å². The number of thioether (sulfide) groups is 1. The molecule has 0 unspecified atom stereocenters. The molecule has 3 nitrogen and oxygen atoms in total. The molecular weight excluding hydrogens is 349 g/mol. The third-order valence-electron chi connectivity index (χ3n) is 3.65. The third kappa shape index (κ3) is 3.30. The second-order valence-electron chi connectivity index (χ2n) is 5.06. The first-order chi connectivity index (χ1) is 10.7. The van der Waals surface area contributed by atoms with E-state index < -0.39 is 23.5 Å². The molecule has 0 aromatic heterocycles. The minimum Gasteiger partial charge on any atom is -0.323 e. The van der Waals surface area contributed by atoms with Crippen LogP contribution in [0.25, 0.3) is 0 Å². The zero-order valence-electron chi connectivity index (χ0n) is 12.4. The van der Waals surface area contributed by atoms with Crippen LogP contribution >= 0.6 is 23.4 Å². The van der Waals surface area contributed by atoms with Gasteiger partial charge in [0.1, 0.15) is 0 Å². The number of halogens is 4. The zero-order valence-corrected chi connectivity index (χ0v) is 14.0. The number of alkyl halides is 3. The van der Waals surface area contributed by atoms with Crippen molar-refractivity contribution in [2.24, 2.45) is 0 Å². The highest BCUT2D eigenvalue weighted by Gasteiger charge is 2.59. The molecule has 2 rings (SSSR count). The topological polar surface area (TPSA) is 32.3 Å². The summed E-state index contributed by atoms with van der Waals surface area (Å²) in [6, 6.07) is 3.59. The van der Waals surface area contributed by atoms with Crippen LogP contribution in [0.4, 0.5) is 23.7 Å². The fourth-order valence-electron chi connectivity index (χ4n) is 2.48. The maximum absolute atomic E-state index is 14.1. The Labute approximate surface area is 141 Å². The first-order valence-electron chi connectivity index (χ1n) is 6.92. The van der Waals surface area contributed by atoms with E-state index in [0.717, 1.165) is 4.90 Å². The Bertz CT molecular complexity index is 623. The van der Waals surface area contributed by atoms with E-state index in [1.807, 2.05) is 0 Å². The number of nitrogens with zero attached hydrogens (tertiary/aromatic N) is 1. The summed E-state index contributed by atoms with van der Waals surface area (Å²) in [6.45, 7) is 4.82. The van der Waals surface area contributed by atoms with Gasteiger partial charge in [-0.3, -0.25) is 0 Å². The number of hydrogen-bond acceptors (Lipinski definition) is 2. The molecule has 1 N–H and O–H groups in total. The number of carbonyl (C=O) groups excluding carboxylic acids is 1. The Balaban J connectivity index is 2.71. The van der Waals surface area contributed by atoms with E-state index in [0.29, 0.717) is 11.8 Å². The lowest BCUT2D eigenvalue weighted by Crippen LogP contribution is -2.49. The Morgan fingerprint density at radius 1 is 1.52 bits per heavy atom. The van der Waals surface area contributed by atoms with E-state index in [4.69, 9.17) is 11.6 Å². The Kier molecular flexibility index (Phi) is 5.20. The molecule has 0 saturated heterocycles. The van der Waals surface area contributed by atoms with Gasteiger partial charge in [-0.2, -0.15) is 13.2 Å². The number of nitrogens with one attached hydrogen (secondary N) is 1. The first kappa shape index (κ1) is 18.0. The van der Waals surface area contributed by atoms with Crippen LogP contribution in [0, 0.1) is 0 Å². The van der Waals surface area contributed by atoms with Crippen molar-refractivity contribution in [2.75, 3.05) is 24.2 Å². The number of benzene rings is 1. The molecule has 1 aliphatic heterocycles. The lowest BCUT2D eigenvalue weighted by molar-refractivity contribution is -0.164. The molecule has 0 aliphatic carbocycles.